The van der Waals surface area contributed by atoms with Crippen LogP contribution < -0.4 is 5.73 Å². The van der Waals surface area contributed by atoms with Crippen molar-refractivity contribution in [3.63, 3.8) is 0 Å². The number of nitro groups is 1. The fourth-order valence-corrected chi connectivity index (χ4v) is 0.875. The molecule has 0 unspecified atom stereocenters. The largest absolute Gasteiger partial charge is 0.383 e. The third-order valence-electron chi connectivity index (χ3n) is 1.07. The zero-order valence-corrected chi connectivity index (χ0v) is 9.03. The molecule has 0 radical (unpaired) electrons. The van der Waals surface area contributed by atoms with Crippen molar-refractivity contribution >= 4 is 44.4 Å². The van der Waals surface area contributed by atoms with Crippen LogP contribution in [0.1, 0.15) is 0 Å². The van der Waals surface area contributed by atoms with Gasteiger partial charge in [0.25, 0.3) is 5.69 Å². The van der Waals surface area contributed by atoms with Gasteiger partial charge in [-0.2, -0.15) is 0 Å². The van der Waals surface area contributed by atoms with Crippen LogP contribution in [0.2, 0.25) is 0 Å². The van der Waals surface area contributed by atoms with E-state index in [-0.39, 0.29) is 28.5 Å². The molecule has 0 saturated carbocycles. The van der Waals surface area contributed by atoms with Gasteiger partial charge in [0.15, 0.2) is 0 Å². The van der Waals surface area contributed by atoms with Crippen LogP contribution in [-0.2, 0) is 0 Å². The SMILES string of the molecule is Br.Nc1ncc([N+](=O)[O-])cc1Br. The zero-order valence-electron chi connectivity index (χ0n) is 5.73. The lowest BCUT2D eigenvalue weighted by Gasteiger charge is -1.94. The molecule has 0 aromatic carbocycles. The molecule has 2 N–H and O–H groups in total. The quantitative estimate of drug-likeness (QED) is 0.634. The van der Waals surface area contributed by atoms with Gasteiger partial charge in [-0.25, -0.2) is 4.98 Å². The Balaban J connectivity index is 0.00000121. The smallest absolute Gasteiger partial charge is 0.288 e. The first-order valence-corrected chi connectivity index (χ1v) is 3.46. The van der Waals surface area contributed by atoms with Crippen molar-refractivity contribution in [1.29, 1.82) is 0 Å². The summed E-state index contributed by atoms with van der Waals surface area (Å²) in [6.45, 7) is 0. The average Bonchev–Trinajstić information content (AvgIpc) is 1.94. The maximum absolute atomic E-state index is 10.2. The van der Waals surface area contributed by atoms with Gasteiger partial charge in [0.05, 0.1) is 9.40 Å². The van der Waals surface area contributed by atoms with E-state index in [0.29, 0.717) is 4.47 Å². The third kappa shape index (κ3) is 2.42. The van der Waals surface area contributed by atoms with Crippen LogP contribution in [0.25, 0.3) is 0 Å². The van der Waals surface area contributed by atoms with Crippen molar-refractivity contribution in [1.82, 2.24) is 4.98 Å². The topological polar surface area (TPSA) is 82.0 Å². The van der Waals surface area contributed by atoms with Crippen molar-refractivity contribution in [2.24, 2.45) is 0 Å². The lowest BCUT2D eigenvalue weighted by atomic mass is 10.4. The van der Waals surface area contributed by atoms with Crippen LogP contribution >= 0.6 is 32.9 Å². The predicted molar refractivity (Wildman–Crippen MR) is 53.3 cm³/mol. The molecule has 66 valence electrons. The normalized spacial score (nSPS) is 8.75. The highest BCUT2D eigenvalue weighted by molar-refractivity contribution is 9.10. The first-order valence-electron chi connectivity index (χ1n) is 2.66. The molecule has 1 aromatic rings. The van der Waals surface area contributed by atoms with Gasteiger partial charge in [-0.3, -0.25) is 10.1 Å². The number of pyridine rings is 1. The molecule has 0 amide bonds. The summed E-state index contributed by atoms with van der Waals surface area (Å²) in [5.74, 6) is 0.246. The van der Waals surface area contributed by atoms with Crippen LogP contribution in [0, 0.1) is 10.1 Å². The maximum Gasteiger partial charge on any atom is 0.288 e. The average molecular weight is 299 g/mol. The van der Waals surface area contributed by atoms with E-state index < -0.39 is 4.92 Å². The summed E-state index contributed by atoms with van der Waals surface area (Å²) in [4.78, 5) is 13.2. The van der Waals surface area contributed by atoms with E-state index in [1.165, 1.54) is 6.07 Å². The summed E-state index contributed by atoms with van der Waals surface area (Å²) >= 11 is 3.02. The van der Waals surface area contributed by atoms with E-state index in [9.17, 15) is 10.1 Å². The van der Waals surface area contributed by atoms with Gasteiger partial charge in [-0.05, 0) is 15.9 Å². The number of nitrogens with zero attached hydrogens (tertiary/aromatic N) is 2. The molecule has 5 nitrogen and oxygen atoms in total. The van der Waals surface area contributed by atoms with Gasteiger partial charge in [-0.15, -0.1) is 17.0 Å². The van der Waals surface area contributed by atoms with E-state index in [1.807, 2.05) is 0 Å². The highest BCUT2D eigenvalue weighted by Gasteiger charge is 2.07. The first kappa shape index (κ1) is 11.3. The Morgan fingerprint density at radius 3 is 2.67 bits per heavy atom. The molecule has 1 heterocycles. The number of hydrogen-bond acceptors (Lipinski definition) is 4. The van der Waals surface area contributed by atoms with E-state index >= 15 is 0 Å². The summed E-state index contributed by atoms with van der Waals surface area (Å²) in [7, 11) is 0. The van der Waals surface area contributed by atoms with E-state index in [1.54, 1.807) is 0 Å². The van der Waals surface area contributed by atoms with E-state index in [2.05, 4.69) is 20.9 Å². The van der Waals surface area contributed by atoms with Gasteiger partial charge in [0, 0.05) is 6.07 Å². The molecule has 0 fully saturated rings. The van der Waals surface area contributed by atoms with Gasteiger partial charge in [0.2, 0.25) is 0 Å². The number of nitrogens with two attached hydrogens (primary N) is 1. The molecule has 0 aliphatic rings. The fraction of sp³-hybridized carbons (Fsp3) is 0. The van der Waals surface area contributed by atoms with E-state index in [0.717, 1.165) is 6.20 Å². The molecule has 0 aliphatic heterocycles. The maximum atomic E-state index is 10.2. The minimum atomic E-state index is -0.531. The Morgan fingerprint density at radius 1 is 1.67 bits per heavy atom. The molecule has 0 bridgehead atoms. The van der Waals surface area contributed by atoms with Crippen LogP contribution in [0.3, 0.4) is 0 Å². The Hall–Kier alpha value is -0.690. The highest BCUT2D eigenvalue weighted by atomic mass is 79.9. The van der Waals surface area contributed by atoms with E-state index in [4.69, 9.17) is 5.73 Å². The van der Waals surface area contributed by atoms with Crippen molar-refractivity contribution < 1.29 is 4.92 Å². The molecule has 1 aromatic heterocycles. The van der Waals surface area contributed by atoms with Crippen molar-refractivity contribution in [3.05, 3.63) is 26.9 Å². The lowest BCUT2D eigenvalue weighted by molar-refractivity contribution is -0.385. The molecule has 0 atom stereocenters. The lowest BCUT2D eigenvalue weighted by Crippen LogP contribution is -1.94. The Morgan fingerprint density at radius 2 is 2.25 bits per heavy atom. The molecular weight excluding hydrogens is 294 g/mol. The fourth-order valence-electron chi connectivity index (χ4n) is 0.538. The van der Waals surface area contributed by atoms with Crippen molar-refractivity contribution in [2.75, 3.05) is 5.73 Å². The number of anilines is 1. The van der Waals surface area contributed by atoms with Crippen molar-refractivity contribution in [2.45, 2.75) is 0 Å². The zero-order chi connectivity index (χ0) is 8.43. The van der Waals surface area contributed by atoms with Gasteiger partial charge in [-0.1, -0.05) is 0 Å². The molecule has 1 rings (SSSR count). The number of rotatable bonds is 1. The Labute approximate surface area is 87.0 Å². The molecule has 7 heteroatoms. The second kappa shape index (κ2) is 4.36. The number of aromatic nitrogens is 1. The number of nitrogen functional groups attached to an aromatic ring is 1. The number of hydrogen-bond donors (Lipinski definition) is 1. The summed E-state index contributed by atoms with van der Waals surface area (Å²) in [5.41, 5.74) is 5.23. The summed E-state index contributed by atoms with van der Waals surface area (Å²) in [6.07, 6.45) is 1.11. The first-order chi connectivity index (χ1) is 5.11. The van der Waals surface area contributed by atoms with Crippen LogP contribution in [0.5, 0.6) is 0 Å². The number of halogens is 2. The Kier molecular flexibility index (Phi) is 4.11. The van der Waals surface area contributed by atoms with Gasteiger partial charge in [0.1, 0.15) is 12.0 Å². The molecule has 12 heavy (non-hydrogen) atoms. The van der Waals surface area contributed by atoms with Gasteiger partial charge < -0.3 is 5.73 Å². The third-order valence-corrected chi connectivity index (χ3v) is 1.70. The molecule has 0 saturated heterocycles. The van der Waals surface area contributed by atoms with Gasteiger partial charge >= 0.3 is 0 Å². The predicted octanol–water partition coefficient (Wildman–Crippen LogP) is 1.91. The summed E-state index contributed by atoms with van der Waals surface area (Å²) in [6, 6.07) is 1.31. The molecule has 0 spiro atoms. The van der Waals surface area contributed by atoms with Crippen LogP contribution in [0.15, 0.2) is 16.7 Å². The van der Waals surface area contributed by atoms with Crippen LogP contribution in [-0.4, -0.2) is 9.91 Å². The standard InChI is InChI=1S/C5H4BrN3O2.BrH/c6-4-1-3(9(10)11)2-8-5(4)7;/h1-2H,(H2,7,8);1H. The van der Waals surface area contributed by atoms with Crippen molar-refractivity contribution in [3.8, 4) is 0 Å². The second-order valence-electron chi connectivity index (χ2n) is 1.82. The summed E-state index contributed by atoms with van der Waals surface area (Å²) < 4.78 is 0.437. The monoisotopic (exact) mass is 297 g/mol. The molecule has 0 aliphatic carbocycles. The summed E-state index contributed by atoms with van der Waals surface area (Å²) in [5, 5.41) is 10.2. The highest BCUT2D eigenvalue weighted by Crippen LogP contribution is 2.21. The molecular formula is C5H5Br2N3O2. The minimum absolute atomic E-state index is 0. The van der Waals surface area contributed by atoms with Crippen LogP contribution in [0.4, 0.5) is 11.5 Å². The second-order valence-corrected chi connectivity index (χ2v) is 2.67. The minimum Gasteiger partial charge on any atom is -0.383 e. The Bertz CT molecular complexity index is 305.